The number of hydrogen-bond donors (Lipinski definition) is 0. The number of nitrogens with zero attached hydrogens (tertiary/aromatic N) is 2. The Hall–Kier alpha value is -1.31. The Bertz CT molecular complexity index is 421. The van der Waals surface area contributed by atoms with Gasteiger partial charge in [-0.15, -0.1) is 0 Å². The lowest BCUT2D eigenvalue weighted by molar-refractivity contribution is 0.596. The third kappa shape index (κ3) is 1.32. The molecule has 2 aromatic rings. The zero-order valence-electron chi connectivity index (χ0n) is 8.28. The van der Waals surface area contributed by atoms with Crippen LogP contribution in [-0.4, -0.2) is 9.61 Å². The fraction of sp³-hybridized carbons (Fsp3) is 0.364. The van der Waals surface area contributed by atoms with Gasteiger partial charge in [0.05, 0.1) is 5.52 Å². The second-order valence-electron chi connectivity index (χ2n) is 4.33. The van der Waals surface area contributed by atoms with Crippen LogP contribution in [0.15, 0.2) is 30.6 Å². The van der Waals surface area contributed by atoms with Gasteiger partial charge in [-0.05, 0) is 29.2 Å². The maximum Gasteiger partial charge on any atom is 0.0683 e. The van der Waals surface area contributed by atoms with Crippen molar-refractivity contribution in [3.8, 4) is 0 Å². The van der Waals surface area contributed by atoms with E-state index in [4.69, 9.17) is 0 Å². The first-order valence-corrected chi connectivity index (χ1v) is 4.52. The van der Waals surface area contributed by atoms with E-state index in [1.54, 1.807) is 6.20 Å². The van der Waals surface area contributed by atoms with Crippen molar-refractivity contribution in [1.82, 2.24) is 9.61 Å². The lowest BCUT2D eigenvalue weighted by Crippen LogP contribution is -2.10. The zero-order valence-corrected chi connectivity index (χ0v) is 8.28. The van der Waals surface area contributed by atoms with Crippen molar-refractivity contribution in [3.05, 3.63) is 36.2 Å². The highest BCUT2D eigenvalue weighted by Gasteiger charge is 2.17. The second kappa shape index (κ2) is 2.59. The van der Waals surface area contributed by atoms with Crippen LogP contribution in [0.25, 0.3) is 5.52 Å². The summed E-state index contributed by atoms with van der Waals surface area (Å²) in [6.45, 7) is 6.65. The molecule has 0 aliphatic rings. The van der Waals surface area contributed by atoms with Crippen LogP contribution >= 0.6 is 0 Å². The van der Waals surface area contributed by atoms with E-state index in [1.807, 2.05) is 16.8 Å². The lowest BCUT2D eigenvalue weighted by atomic mass is 9.88. The molecule has 0 aromatic carbocycles. The van der Waals surface area contributed by atoms with Crippen LogP contribution in [0.1, 0.15) is 26.3 Å². The number of hydrogen-bond acceptors (Lipinski definition) is 1. The van der Waals surface area contributed by atoms with Crippen LogP contribution in [0.2, 0.25) is 0 Å². The first-order chi connectivity index (χ1) is 6.09. The molecule has 0 atom stereocenters. The number of rotatable bonds is 0. The van der Waals surface area contributed by atoms with E-state index in [-0.39, 0.29) is 5.41 Å². The monoisotopic (exact) mass is 174 g/mol. The standard InChI is InChI=1S/C11H14N2/c1-11(2,3)9-6-8-13-10(9)5-4-7-12-13/h4-8H,1-3H3. The molecule has 2 heteroatoms. The molecule has 0 radical (unpaired) electrons. The van der Waals surface area contributed by atoms with Crippen molar-refractivity contribution in [1.29, 1.82) is 0 Å². The first kappa shape index (κ1) is 8.30. The Morgan fingerprint density at radius 1 is 1.23 bits per heavy atom. The summed E-state index contributed by atoms with van der Waals surface area (Å²) in [5.74, 6) is 0. The van der Waals surface area contributed by atoms with Crippen LogP contribution in [-0.2, 0) is 5.41 Å². The van der Waals surface area contributed by atoms with Crippen LogP contribution in [0.4, 0.5) is 0 Å². The third-order valence-electron chi connectivity index (χ3n) is 2.24. The zero-order chi connectivity index (χ0) is 9.47. The molecule has 0 amide bonds. The van der Waals surface area contributed by atoms with Crippen molar-refractivity contribution < 1.29 is 0 Å². The molecule has 0 aliphatic carbocycles. The Balaban J connectivity index is 2.72. The highest BCUT2D eigenvalue weighted by molar-refractivity contribution is 5.57. The van der Waals surface area contributed by atoms with E-state index in [9.17, 15) is 0 Å². The molecular formula is C11H14N2. The smallest absolute Gasteiger partial charge is 0.0683 e. The van der Waals surface area contributed by atoms with E-state index >= 15 is 0 Å². The topological polar surface area (TPSA) is 17.3 Å². The minimum absolute atomic E-state index is 0.192. The van der Waals surface area contributed by atoms with Gasteiger partial charge in [-0.3, -0.25) is 0 Å². The molecule has 68 valence electrons. The van der Waals surface area contributed by atoms with E-state index in [1.165, 1.54) is 11.1 Å². The summed E-state index contributed by atoms with van der Waals surface area (Å²) >= 11 is 0. The Labute approximate surface area is 78.2 Å². The van der Waals surface area contributed by atoms with Crippen LogP contribution in [0.5, 0.6) is 0 Å². The molecule has 2 rings (SSSR count). The summed E-state index contributed by atoms with van der Waals surface area (Å²) in [4.78, 5) is 0. The molecule has 0 saturated carbocycles. The van der Waals surface area contributed by atoms with E-state index < -0.39 is 0 Å². The van der Waals surface area contributed by atoms with E-state index in [0.717, 1.165) is 0 Å². The van der Waals surface area contributed by atoms with Gasteiger partial charge in [0, 0.05) is 12.4 Å². The quantitative estimate of drug-likeness (QED) is 0.600. The average molecular weight is 174 g/mol. The summed E-state index contributed by atoms with van der Waals surface area (Å²) in [5, 5.41) is 4.23. The van der Waals surface area contributed by atoms with Crippen LogP contribution in [0, 0.1) is 0 Å². The van der Waals surface area contributed by atoms with Crippen molar-refractivity contribution >= 4 is 5.52 Å². The van der Waals surface area contributed by atoms with Gasteiger partial charge in [-0.1, -0.05) is 20.8 Å². The maximum atomic E-state index is 4.23. The molecule has 0 N–H and O–H groups in total. The molecule has 13 heavy (non-hydrogen) atoms. The summed E-state index contributed by atoms with van der Waals surface area (Å²) in [6.07, 6.45) is 3.81. The van der Waals surface area contributed by atoms with Crippen LogP contribution in [0.3, 0.4) is 0 Å². The molecule has 0 unspecified atom stereocenters. The molecule has 0 fully saturated rings. The predicted molar refractivity (Wildman–Crippen MR) is 53.9 cm³/mol. The van der Waals surface area contributed by atoms with Gasteiger partial charge in [-0.25, -0.2) is 4.52 Å². The van der Waals surface area contributed by atoms with Crippen LogP contribution < -0.4 is 0 Å². The minimum Gasteiger partial charge on any atom is -0.241 e. The predicted octanol–water partition coefficient (Wildman–Crippen LogP) is 2.63. The number of fused-ring (bicyclic) bond motifs is 1. The largest absolute Gasteiger partial charge is 0.241 e. The van der Waals surface area contributed by atoms with Crippen molar-refractivity contribution in [2.45, 2.75) is 26.2 Å². The van der Waals surface area contributed by atoms with Gasteiger partial charge in [0.15, 0.2) is 0 Å². The summed E-state index contributed by atoms with van der Waals surface area (Å²) in [7, 11) is 0. The fourth-order valence-electron chi connectivity index (χ4n) is 1.58. The first-order valence-electron chi connectivity index (χ1n) is 4.52. The SMILES string of the molecule is CC(C)(C)c1ccn2ncccc12. The third-order valence-corrected chi connectivity index (χ3v) is 2.24. The highest BCUT2D eigenvalue weighted by Crippen LogP contribution is 2.26. The number of aromatic nitrogens is 2. The molecule has 0 aliphatic heterocycles. The van der Waals surface area contributed by atoms with Crippen molar-refractivity contribution in [3.63, 3.8) is 0 Å². The van der Waals surface area contributed by atoms with Gasteiger partial charge in [0.2, 0.25) is 0 Å². The average Bonchev–Trinajstić information content (AvgIpc) is 2.45. The van der Waals surface area contributed by atoms with Gasteiger partial charge in [-0.2, -0.15) is 5.10 Å². The van der Waals surface area contributed by atoms with Crippen molar-refractivity contribution in [2.75, 3.05) is 0 Å². The van der Waals surface area contributed by atoms with E-state index in [0.29, 0.717) is 0 Å². The van der Waals surface area contributed by atoms with Gasteiger partial charge in [0.1, 0.15) is 0 Å². The molecule has 0 spiro atoms. The normalized spacial score (nSPS) is 12.2. The lowest BCUT2D eigenvalue weighted by Gasteiger charge is -2.17. The summed E-state index contributed by atoms with van der Waals surface area (Å²) < 4.78 is 1.92. The fourth-order valence-corrected chi connectivity index (χ4v) is 1.58. The summed E-state index contributed by atoms with van der Waals surface area (Å²) in [6, 6.07) is 6.22. The second-order valence-corrected chi connectivity index (χ2v) is 4.33. The molecule has 0 bridgehead atoms. The minimum atomic E-state index is 0.192. The van der Waals surface area contributed by atoms with Crippen molar-refractivity contribution in [2.24, 2.45) is 0 Å². The van der Waals surface area contributed by atoms with E-state index in [2.05, 4.69) is 38.0 Å². The molecule has 2 heterocycles. The maximum absolute atomic E-state index is 4.23. The highest BCUT2D eigenvalue weighted by atomic mass is 15.2. The van der Waals surface area contributed by atoms with Gasteiger partial charge in [0.25, 0.3) is 0 Å². The molecule has 0 saturated heterocycles. The molecular weight excluding hydrogens is 160 g/mol. The Morgan fingerprint density at radius 2 is 2.00 bits per heavy atom. The molecule has 2 aromatic heterocycles. The Morgan fingerprint density at radius 3 is 2.69 bits per heavy atom. The molecule has 2 nitrogen and oxygen atoms in total. The Kier molecular flexibility index (Phi) is 1.65. The summed E-state index contributed by atoms with van der Waals surface area (Å²) in [5.41, 5.74) is 2.74. The van der Waals surface area contributed by atoms with Gasteiger partial charge >= 0.3 is 0 Å². The van der Waals surface area contributed by atoms with Gasteiger partial charge < -0.3 is 0 Å².